The van der Waals surface area contributed by atoms with E-state index in [4.69, 9.17) is 5.73 Å². The monoisotopic (exact) mass is 268 g/mol. The second-order valence-corrected chi connectivity index (χ2v) is 5.57. The van der Waals surface area contributed by atoms with Gasteiger partial charge in [0.05, 0.1) is 0 Å². The van der Waals surface area contributed by atoms with Crippen molar-refractivity contribution in [1.29, 1.82) is 0 Å². The van der Waals surface area contributed by atoms with Crippen LogP contribution in [0.15, 0.2) is 54.6 Å². The Bertz CT molecular complexity index is 503. The summed E-state index contributed by atoms with van der Waals surface area (Å²) in [6.07, 6.45) is 1.04. The van der Waals surface area contributed by atoms with E-state index in [1.807, 2.05) is 6.07 Å². The molecule has 0 saturated carbocycles. The molecule has 0 spiro atoms. The third-order valence-corrected chi connectivity index (χ3v) is 3.48. The highest BCUT2D eigenvalue weighted by atomic mass is 15.1. The predicted molar refractivity (Wildman–Crippen MR) is 86.5 cm³/mol. The van der Waals surface area contributed by atoms with Gasteiger partial charge in [0.15, 0.2) is 0 Å². The quantitative estimate of drug-likeness (QED) is 0.868. The van der Waals surface area contributed by atoms with Crippen molar-refractivity contribution in [3.63, 3.8) is 0 Å². The van der Waals surface area contributed by atoms with Crippen LogP contribution in [0.25, 0.3) is 11.1 Å². The fourth-order valence-corrected chi connectivity index (χ4v) is 2.25. The van der Waals surface area contributed by atoms with Crippen LogP contribution < -0.4 is 5.73 Å². The maximum absolute atomic E-state index is 5.79. The van der Waals surface area contributed by atoms with Crippen LogP contribution in [0.3, 0.4) is 0 Å². The van der Waals surface area contributed by atoms with Gasteiger partial charge >= 0.3 is 0 Å². The van der Waals surface area contributed by atoms with Crippen molar-refractivity contribution in [2.45, 2.75) is 25.9 Å². The van der Waals surface area contributed by atoms with Crippen LogP contribution in [-0.2, 0) is 6.54 Å². The van der Waals surface area contributed by atoms with Crippen molar-refractivity contribution in [2.75, 3.05) is 13.6 Å². The number of benzene rings is 2. The van der Waals surface area contributed by atoms with Gasteiger partial charge in [0.25, 0.3) is 0 Å². The van der Waals surface area contributed by atoms with E-state index in [2.05, 4.69) is 67.4 Å². The lowest BCUT2D eigenvalue weighted by molar-refractivity contribution is 0.313. The number of hydrogen-bond acceptors (Lipinski definition) is 2. The summed E-state index contributed by atoms with van der Waals surface area (Å²) in [5.74, 6) is 0. The molecule has 0 aliphatic heterocycles. The third-order valence-electron chi connectivity index (χ3n) is 3.48. The highest BCUT2D eigenvalue weighted by Crippen LogP contribution is 2.19. The minimum absolute atomic E-state index is 0.276. The molecule has 106 valence electrons. The summed E-state index contributed by atoms with van der Waals surface area (Å²) in [7, 11) is 2.15. The largest absolute Gasteiger partial charge is 0.328 e. The van der Waals surface area contributed by atoms with Gasteiger partial charge in [-0.25, -0.2) is 0 Å². The van der Waals surface area contributed by atoms with Crippen LogP contribution in [0.5, 0.6) is 0 Å². The molecule has 2 heteroatoms. The summed E-state index contributed by atoms with van der Waals surface area (Å²) in [6.45, 7) is 4.07. The van der Waals surface area contributed by atoms with Gasteiger partial charge in [-0.1, -0.05) is 54.6 Å². The van der Waals surface area contributed by atoms with E-state index in [1.165, 1.54) is 16.7 Å². The van der Waals surface area contributed by atoms with E-state index in [-0.39, 0.29) is 6.04 Å². The van der Waals surface area contributed by atoms with Gasteiger partial charge in [0.2, 0.25) is 0 Å². The standard InChI is InChI=1S/C18H24N2/c1-15(19)12-13-20(2)14-16-8-10-18(11-9-16)17-6-4-3-5-7-17/h3-11,15H,12-14,19H2,1-2H3. The number of rotatable bonds is 6. The Morgan fingerprint density at radius 2 is 1.55 bits per heavy atom. The van der Waals surface area contributed by atoms with Crippen molar-refractivity contribution in [3.05, 3.63) is 60.2 Å². The first-order chi connectivity index (χ1) is 9.65. The molecule has 0 aliphatic carbocycles. The summed E-state index contributed by atoms with van der Waals surface area (Å²) in [6, 6.07) is 19.6. The summed E-state index contributed by atoms with van der Waals surface area (Å²) in [5.41, 5.74) is 9.67. The van der Waals surface area contributed by atoms with E-state index in [0.29, 0.717) is 0 Å². The molecule has 0 amide bonds. The molecular formula is C18H24N2. The number of hydrogen-bond donors (Lipinski definition) is 1. The molecule has 2 N–H and O–H groups in total. The molecule has 0 bridgehead atoms. The lowest BCUT2D eigenvalue weighted by Crippen LogP contribution is -2.25. The molecular weight excluding hydrogens is 244 g/mol. The summed E-state index contributed by atoms with van der Waals surface area (Å²) >= 11 is 0. The third kappa shape index (κ3) is 4.48. The lowest BCUT2D eigenvalue weighted by Gasteiger charge is -2.18. The van der Waals surface area contributed by atoms with Gasteiger partial charge in [-0.05, 0) is 43.6 Å². The molecule has 0 aliphatic rings. The first-order valence-electron chi connectivity index (χ1n) is 7.23. The first-order valence-corrected chi connectivity index (χ1v) is 7.23. The van der Waals surface area contributed by atoms with Gasteiger partial charge in [-0.15, -0.1) is 0 Å². The van der Waals surface area contributed by atoms with Gasteiger partial charge in [-0.3, -0.25) is 0 Å². The van der Waals surface area contributed by atoms with E-state index >= 15 is 0 Å². The highest BCUT2D eigenvalue weighted by molar-refractivity contribution is 5.63. The van der Waals surface area contributed by atoms with Crippen LogP contribution in [0.1, 0.15) is 18.9 Å². The average Bonchev–Trinajstić information content (AvgIpc) is 2.47. The highest BCUT2D eigenvalue weighted by Gasteiger charge is 2.03. The lowest BCUT2D eigenvalue weighted by atomic mass is 10.0. The van der Waals surface area contributed by atoms with Crippen LogP contribution in [-0.4, -0.2) is 24.5 Å². The van der Waals surface area contributed by atoms with Crippen molar-refractivity contribution >= 4 is 0 Å². The Hall–Kier alpha value is -1.64. The van der Waals surface area contributed by atoms with Crippen LogP contribution in [0.4, 0.5) is 0 Å². The van der Waals surface area contributed by atoms with Gasteiger partial charge < -0.3 is 10.6 Å². The van der Waals surface area contributed by atoms with E-state index in [9.17, 15) is 0 Å². The average molecular weight is 268 g/mol. The Balaban J connectivity index is 1.95. The molecule has 0 radical (unpaired) electrons. The van der Waals surface area contributed by atoms with Gasteiger partial charge in [0, 0.05) is 12.6 Å². The second kappa shape index (κ2) is 7.22. The molecule has 2 aromatic rings. The van der Waals surface area contributed by atoms with Crippen LogP contribution >= 0.6 is 0 Å². The van der Waals surface area contributed by atoms with Crippen LogP contribution in [0, 0.1) is 0 Å². The Kier molecular flexibility index (Phi) is 5.33. The van der Waals surface area contributed by atoms with Crippen molar-refractivity contribution in [3.8, 4) is 11.1 Å². The molecule has 1 atom stereocenters. The second-order valence-electron chi connectivity index (χ2n) is 5.57. The Morgan fingerprint density at radius 1 is 0.950 bits per heavy atom. The maximum Gasteiger partial charge on any atom is 0.0230 e. The molecule has 1 unspecified atom stereocenters. The molecule has 0 aromatic heterocycles. The predicted octanol–water partition coefficient (Wildman–Crippen LogP) is 3.52. The maximum atomic E-state index is 5.79. The van der Waals surface area contributed by atoms with Crippen molar-refractivity contribution in [2.24, 2.45) is 5.73 Å². The van der Waals surface area contributed by atoms with Gasteiger partial charge in [0.1, 0.15) is 0 Å². The summed E-state index contributed by atoms with van der Waals surface area (Å²) < 4.78 is 0. The molecule has 2 nitrogen and oxygen atoms in total. The van der Waals surface area contributed by atoms with Crippen LogP contribution in [0.2, 0.25) is 0 Å². The minimum Gasteiger partial charge on any atom is -0.328 e. The fourth-order valence-electron chi connectivity index (χ4n) is 2.25. The van der Waals surface area contributed by atoms with E-state index in [0.717, 1.165) is 19.5 Å². The molecule has 0 fully saturated rings. The smallest absolute Gasteiger partial charge is 0.0230 e. The molecule has 2 aromatic carbocycles. The van der Waals surface area contributed by atoms with E-state index in [1.54, 1.807) is 0 Å². The molecule has 0 heterocycles. The summed E-state index contributed by atoms with van der Waals surface area (Å²) in [4.78, 5) is 2.32. The van der Waals surface area contributed by atoms with Crippen molar-refractivity contribution < 1.29 is 0 Å². The minimum atomic E-state index is 0.276. The molecule has 0 saturated heterocycles. The first kappa shape index (κ1) is 14.8. The Morgan fingerprint density at radius 3 is 2.15 bits per heavy atom. The van der Waals surface area contributed by atoms with Crippen molar-refractivity contribution in [1.82, 2.24) is 4.90 Å². The molecule has 20 heavy (non-hydrogen) atoms. The number of nitrogens with zero attached hydrogens (tertiary/aromatic N) is 1. The fraction of sp³-hybridized carbons (Fsp3) is 0.333. The topological polar surface area (TPSA) is 29.3 Å². The zero-order valence-electron chi connectivity index (χ0n) is 12.4. The normalized spacial score (nSPS) is 12.6. The van der Waals surface area contributed by atoms with Gasteiger partial charge in [-0.2, -0.15) is 0 Å². The number of nitrogens with two attached hydrogens (primary N) is 1. The molecule has 2 rings (SSSR count). The zero-order chi connectivity index (χ0) is 14.4. The SMILES string of the molecule is CC(N)CCN(C)Cc1ccc(-c2ccccc2)cc1. The Labute approximate surface area is 122 Å². The zero-order valence-corrected chi connectivity index (χ0v) is 12.4. The summed E-state index contributed by atoms with van der Waals surface area (Å²) in [5, 5.41) is 0. The van der Waals surface area contributed by atoms with E-state index < -0.39 is 0 Å².